The summed E-state index contributed by atoms with van der Waals surface area (Å²) >= 11 is 0. The molecule has 0 bridgehead atoms. The number of amides is 2. The van der Waals surface area contributed by atoms with Crippen molar-refractivity contribution in [3.63, 3.8) is 0 Å². The molecule has 0 aliphatic carbocycles. The molecule has 20 heavy (non-hydrogen) atoms. The Morgan fingerprint density at radius 1 is 1.35 bits per heavy atom. The van der Waals surface area contributed by atoms with E-state index in [9.17, 15) is 18.0 Å². The van der Waals surface area contributed by atoms with Gasteiger partial charge in [0.15, 0.2) is 9.84 Å². The van der Waals surface area contributed by atoms with Crippen molar-refractivity contribution >= 4 is 33.0 Å². The van der Waals surface area contributed by atoms with Crippen LogP contribution < -0.4 is 16.0 Å². The molecule has 1 unspecified atom stereocenters. The molecule has 8 heteroatoms. The summed E-state index contributed by atoms with van der Waals surface area (Å²) < 4.78 is 22.9. The van der Waals surface area contributed by atoms with Gasteiger partial charge in [-0.15, -0.1) is 0 Å². The van der Waals surface area contributed by atoms with Crippen LogP contribution in [0.4, 0.5) is 11.4 Å². The number of rotatable bonds is 2. The molecule has 2 rings (SSSR count). The molecule has 1 saturated heterocycles. The first-order valence-electron chi connectivity index (χ1n) is 5.90. The average molecular weight is 297 g/mol. The normalized spacial score (nSPS) is 19.9. The Hall–Kier alpha value is -2.09. The fourth-order valence-corrected chi connectivity index (χ4v) is 2.69. The summed E-state index contributed by atoms with van der Waals surface area (Å²) in [4.78, 5) is 24.7. The molecule has 0 radical (unpaired) electrons. The van der Waals surface area contributed by atoms with Gasteiger partial charge in [0.25, 0.3) is 0 Å². The van der Waals surface area contributed by atoms with E-state index < -0.39 is 27.7 Å². The SMILES string of the molecule is CC1C(=O)NC(=O)CN1c1ccc(S(C)(=O)=O)cc1N. The lowest BCUT2D eigenvalue weighted by atomic mass is 10.1. The summed E-state index contributed by atoms with van der Waals surface area (Å²) in [6.07, 6.45) is 1.09. The van der Waals surface area contributed by atoms with E-state index in [2.05, 4.69) is 5.32 Å². The summed E-state index contributed by atoms with van der Waals surface area (Å²) in [5, 5.41) is 2.23. The molecule has 1 aliphatic rings. The zero-order chi connectivity index (χ0) is 15.1. The molecular formula is C12H15N3O4S. The van der Waals surface area contributed by atoms with Gasteiger partial charge in [0.05, 0.1) is 22.8 Å². The van der Waals surface area contributed by atoms with E-state index in [1.165, 1.54) is 18.2 Å². The Morgan fingerprint density at radius 3 is 2.55 bits per heavy atom. The van der Waals surface area contributed by atoms with E-state index in [0.717, 1.165) is 6.26 Å². The molecule has 1 aliphatic heterocycles. The predicted molar refractivity (Wildman–Crippen MR) is 73.9 cm³/mol. The summed E-state index contributed by atoms with van der Waals surface area (Å²) in [5.41, 5.74) is 6.53. The lowest BCUT2D eigenvalue weighted by molar-refractivity contribution is -0.132. The van der Waals surface area contributed by atoms with Crippen LogP contribution in [-0.2, 0) is 19.4 Å². The number of benzene rings is 1. The first-order valence-corrected chi connectivity index (χ1v) is 7.79. The lowest BCUT2D eigenvalue weighted by Gasteiger charge is -2.34. The number of piperazine rings is 1. The number of nitrogens with one attached hydrogen (secondary N) is 1. The average Bonchev–Trinajstić information content (AvgIpc) is 2.33. The topological polar surface area (TPSA) is 110 Å². The molecule has 2 amide bonds. The number of nitrogen functional groups attached to an aromatic ring is 1. The van der Waals surface area contributed by atoms with Crippen molar-refractivity contribution in [1.82, 2.24) is 5.32 Å². The van der Waals surface area contributed by atoms with Gasteiger partial charge in [-0.3, -0.25) is 14.9 Å². The third-order valence-electron chi connectivity index (χ3n) is 3.16. The minimum Gasteiger partial charge on any atom is -0.397 e. The van der Waals surface area contributed by atoms with Crippen molar-refractivity contribution in [1.29, 1.82) is 0 Å². The van der Waals surface area contributed by atoms with Crippen LogP contribution in [0.15, 0.2) is 23.1 Å². The quantitative estimate of drug-likeness (QED) is 0.564. The largest absolute Gasteiger partial charge is 0.397 e. The lowest BCUT2D eigenvalue weighted by Crippen LogP contribution is -2.57. The number of hydrogen-bond acceptors (Lipinski definition) is 6. The van der Waals surface area contributed by atoms with Crippen LogP contribution in [0.1, 0.15) is 6.92 Å². The molecule has 1 atom stereocenters. The summed E-state index contributed by atoms with van der Waals surface area (Å²) in [6, 6.07) is 3.69. The van der Waals surface area contributed by atoms with E-state index in [1.54, 1.807) is 11.8 Å². The Labute approximate surface area is 116 Å². The highest BCUT2D eigenvalue weighted by atomic mass is 32.2. The Bertz CT molecular complexity index is 684. The Morgan fingerprint density at radius 2 is 2.00 bits per heavy atom. The number of hydrogen-bond donors (Lipinski definition) is 2. The molecule has 1 fully saturated rings. The van der Waals surface area contributed by atoms with Crippen molar-refractivity contribution in [3.05, 3.63) is 18.2 Å². The van der Waals surface area contributed by atoms with E-state index in [-0.39, 0.29) is 17.1 Å². The van der Waals surface area contributed by atoms with Crippen molar-refractivity contribution in [3.8, 4) is 0 Å². The molecule has 1 aromatic carbocycles. The van der Waals surface area contributed by atoms with Gasteiger partial charge < -0.3 is 10.6 Å². The van der Waals surface area contributed by atoms with Crippen molar-refractivity contribution in [2.75, 3.05) is 23.4 Å². The first kappa shape index (κ1) is 14.3. The highest BCUT2D eigenvalue weighted by Gasteiger charge is 2.31. The highest BCUT2D eigenvalue weighted by molar-refractivity contribution is 7.90. The summed E-state index contributed by atoms with van der Waals surface area (Å²) in [7, 11) is -3.35. The number of anilines is 2. The number of carbonyl (C=O) groups is 2. The maximum atomic E-state index is 11.6. The van der Waals surface area contributed by atoms with Crippen LogP contribution in [0.25, 0.3) is 0 Å². The number of sulfone groups is 1. The summed E-state index contributed by atoms with van der Waals surface area (Å²) in [6.45, 7) is 1.64. The van der Waals surface area contributed by atoms with Crippen LogP contribution in [0.2, 0.25) is 0 Å². The predicted octanol–water partition coefficient (Wildman–Crippen LogP) is -0.476. The van der Waals surface area contributed by atoms with Gasteiger partial charge in [-0.1, -0.05) is 0 Å². The van der Waals surface area contributed by atoms with Crippen LogP contribution in [-0.4, -0.2) is 39.1 Å². The second kappa shape index (κ2) is 4.78. The molecule has 0 spiro atoms. The maximum Gasteiger partial charge on any atom is 0.249 e. The fourth-order valence-electron chi connectivity index (χ4n) is 2.03. The third kappa shape index (κ3) is 2.60. The Balaban J connectivity index is 2.43. The van der Waals surface area contributed by atoms with Gasteiger partial charge in [-0.2, -0.15) is 0 Å². The van der Waals surface area contributed by atoms with Gasteiger partial charge in [0, 0.05) is 6.26 Å². The minimum absolute atomic E-state index is 0.00463. The first-order chi connectivity index (χ1) is 9.20. The van der Waals surface area contributed by atoms with Gasteiger partial charge in [0.2, 0.25) is 11.8 Å². The molecular weight excluding hydrogens is 282 g/mol. The van der Waals surface area contributed by atoms with Gasteiger partial charge in [0.1, 0.15) is 6.04 Å². The van der Waals surface area contributed by atoms with E-state index in [0.29, 0.717) is 5.69 Å². The molecule has 3 N–H and O–H groups in total. The van der Waals surface area contributed by atoms with E-state index >= 15 is 0 Å². The number of imide groups is 1. The Kier molecular flexibility index (Phi) is 3.43. The van der Waals surface area contributed by atoms with E-state index in [4.69, 9.17) is 5.73 Å². The van der Waals surface area contributed by atoms with Crippen molar-refractivity contribution in [2.45, 2.75) is 17.9 Å². The zero-order valence-corrected chi connectivity index (χ0v) is 11.9. The molecule has 1 aromatic rings. The third-order valence-corrected chi connectivity index (χ3v) is 4.27. The second-order valence-electron chi connectivity index (χ2n) is 4.71. The zero-order valence-electron chi connectivity index (χ0n) is 11.1. The van der Waals surface area contributed by atoms with Gasteiger partial charge in [-0.25, -0.2) is 8.42 Å². The van der Waals surface area contributed by atoms with Crippen LogP contribution in [0.3, 0.4) is 0 Å². The molecule has 1 heterocycles. The smallest absolute Gasteiger partial charge is 0.249 e. The summed E-state index contributed by atoms with van der Waals surface area (Å²) in [5.74, 6) is -0.826. The monoisotopic (exact) mass is 297 g/mol. The minimum atomic E-state index is -3.35. The van der Waals surface area contributed by atoms with Crippen LogP contribution >= 0.6 is 0 Å². The van der Waals surface area contributed by atoms with Gasteiger partial charge in [-0.05, 0) is 25.1 Å². The van der Waals surface area contributed by atoms with Crippen LogP contribution in [0.5, 0.6) is 0 Å². The molecule has 108 valence electrons. The molecule has 7 nitrogen and oxygen atoms in total. The number of nitrogens with zero attached hydrogens (tertiary/aromatic N) is 1. The van der Waals surface area contributed by atoms with Crippen molar-refractivity contribution < 1.29 is 18.0 Å². The maximum absolute atomic E-state index is 11.6. The van der Waals surface area contributed by atoms with E-state index in [1.807, 2.05) is 0 Å². The van der Waals surface area contributed by atoms with Crippen LogP contribution in [0, 0.1) is 0 Å². The molecule has 0 saturated carbocycles. The number of nitrogens with two attached hydrogens (primary N) is 1. The van der Waals surface area contributed by atoms with Gasteiger partial charge >= 0.3 is 0 Å². The van der Waals surface area contributed by atoms with Crippen molar-refractivity contribution in [2.24, 2.45) is 0 Å². The standard InChI is InChI=1S/C12H15N3O4S/c1-7-12(17)14-11(16)6-15(7)10-4-3-8(5-9(10)13)20(2,18)19/h3-5,7H,6,13H2,1-2H3,(H,14,16,17). The number of carbonyl (C=O) groups excluding carboxylic acids is 2. The fraction of sp³-hybridized carbons (Fsp3) is 0.333. The molecule has 0 aromatic heterocycles. The highest BCUT2D eigenvalue weighted by Crippen LogP contribution is 2.28. The second-order valence-corrected chi connectivity index (χ2v) is 6.72.